The third-order valence-electron chi connectivity index (χ3n) is 3.35. The summed E-state index contributed by atoms with van der Waals surface area (Å²) >= 11 is 0. The van der Waals surface area contributed by atoms with Crippen molar-refractivity contribution in [1.82, 2.24) is 0 Å². The standard InChI is InChI=1S/C13H17FO2/c1-3-8(2)12-7-11(15)10-5-4-9(14)6-13(10)16-12/h4-6,8,11-12,15H,3,7H2,1-2H3. The Labute approximate surface area is 95.1 Å². The van der Waals surface area contributed by atoms with E-state index in [1.54, 1.807) is 6.07 Å². The fourth-order valence-corrected chi connectivity index (χ4v) is 2.06. The van der Waals surface area contributed by atoms with E-state index in [1.807, 2.05) is 0 Å². The van der Waals surface area contributed by atoms with Crippen molar-refractivity contribution < 1.29 is 14.2 Å². The van der Waals surface area contributed by atoms with Crippen LogP contribution < -0.4 is 4.74 Å². The van der Waals surface area contributed by atoms with Gasteiger partial charge in [0, 0.05) is 18.1 Å². The molecule has 1 aromatic carbocycles. The van der Waals surface area contributed by atoms with Crippen LogP contribution in [0.2, 0.25) is 0 Å². The first-order valence-electron chi connectivity index (χ1n) is 5.76. The van der Waals surface area contributed by atoms with Gasteiger partial charge in [-0.15, -0.1) is 0 Å². The quantitative estimate of drug-likeness (QED) is 0.836. The number of hydrogen-bond acceptors (Lipinski definition) is 2. The number of aliphatic hydroxyl groups is 1. The second-order valence-electron chi connectivity index (χ2n) is 4.48. The van der Waals surface area contributed by atoms with Gasteiger partial charge in [0.15, 0.2) is 0 Å². The third-order valence-corrected chi connectivity index (χ3v) is 3.35. The zero-order valence-electron chi connectivity index (χ0n) is 9.61. The highest BCUT2D eigenvalue weighted by Gasteiger charge is 2.29. The van der Waals surface area contributed by atoms with Crippen LogP contribution in [0.25, 0.3) is 0 Å². The molecule has 2 rings (SSSR count). The van der Waals surface area contributed by atoms with Crippen molar-refractivity contribution in [3.8, 4) is 5.75 Å². The predicted octanol–water partition coefficient (Wildman–Crippen LogP) is 3.06. The highest BCUT2D eigenvalue weighted by Crippen LogP contribution is 2.37. The zero-order chi connectivity index (χ0) is 11.7. The highest BCUT2D eigenvalue weighted by molar-refractivity contribution is 5.37. The van der Waals surface area contributed by atoms with Crippen molar-refractivity contribution in [2.24, 2.45) is 5.92 Å². The van der Waals surface area contributed by atoms with E-state index < -0.39 is 6.10 Å². The lowest BCUT2D eigenvalue weighted by Crippen LogP contribution is -2.31. The lowest BCUT2D eigenvalue weighted by molar-refractivity contribution is 0.0372. The van der Waals surface area contributed by atoms with Crippen molar-refractivity contribution in [2.75, 3.05) is 0 Å². The van der Waals surface area contributed by atoms with Gasteiger partial charge in [0.1, 0.15) is 17.7 Å². The SMILES string of the molecule is CCC(C)C1CC(O)c2ccc(F)cc2O1. The van der Waals surface area contributed by atoms with E-state index in [0.717, 1.165) is 6.42 Å². The summed E-state index contributed by atoms with van der Waals surface area (Å²) in [5, 5.41) is 9.96. The Balaban J connectivity index is 2.27. The molecule has 0 amide bonds. The van der Waals surface area contributed by atoms with Gasteiger partial charge in [0.2, 0.25) is 0 Å². The van der Waals surface area contributed by atoms with E-state index in [2.05, 4.69) is 13.8 Å². The van der Waals surface area contributed by atoms with E-state index >= 15 is 0 Å². The summed E-state index contributed by atoms with van der Waals surface area (Å²) in [5.74, 6) is 0.533. The molecule has 16 heavy (non-hydrogen) atoms. The molecule has 0 saturated heterocycles. The van der Waals surface area contributed by atoms with Gasteiger partial charge in [0.25, 0.3) is 0 Å². The van der Waals surface area contributed by atoms with Crippen molar-refractivity contribution in [1.29, 1.82) is 0 Å². The molecule has 3 heteroatoms. The molecule has 1 aliphatic heterocycles. The molecule has 0 aromatic heterocycles. The van der Waals surface area contributed by atoms with Crippen LogP contribution in [0.1, 0.15) is 38.4 Å². The molecule has 1 aromatic rings. The van der Waals surface area contributed by atoms with E-state index in [9.17, 15) is 9.50 Å². The first-order valence-corrected chi connectivity index (χ1v) is 5.76. The fourth-order valence-electron chi connectivity index (χ4n) is 2.06. The summed E-state index contributed by atoms with van der Waals surface area (Å²) in [6.07, 6.45) is 1.02. The molecule has 0 saturated carbocycles. The van der Waals surface area contributed by atoms with Crippen LogP contribution >= 0.6 is 0 Å². The lowest BCUT2D eigenvalue weighted by atomic mass is 9.91. The largest absolute Gasteiger partial charge is 0.490 e. The predicted molar refractivity (Wildman–Crippen MR) is 59.8 cm³/mol. The van der Waals surface area contributed by atoms with Gasteiger partial charge in [-0.3, -0.25) is 0 Å². The normalized spacial score (nSPS) is 25.8. The second-order valence-corrected chi connectivity index (χ2v) is 4.48. The Bertz CT molecular complexity index is 378. The van der Waals surface area contributed by atoms with Gasteiger partial charge in [-0.05, 0) is 18.1 Å². The van der Waals surface area contributed by atoms with Crippen LogP contribution in [-0.2, 0) is 0 Å². The first kappa shape index (κ1) is 11.4. The van der Waals surface area contributed by atoms with Crippen LogP contribution in [0.15, 0.2) is 18.2 Å². The van der Waals surface area contributed by atoms with E-state index in [4.69, 9.17) is 4.74 Å². The molecule has 2 nitrogen and oxygen atoms in total. The molecule has 0 aliphatic carbocycles. The van der Waals surface area contributed by atoms with E-state index in [-0.39, 0.29) is 11.9 Å². The van der Waals surface area contributed by atoms with Crippen LogP contribution in [0, 0.1) is 11.7 Å². The number of hydrogen-bond donors (Lipinski definition) is 1. The van der Waals surface area contributed by atoms with Gasteiger partial charge in [-0.25, -0.2) is 4.39 Å². The lowest BCUT2D eigenvalue weighted by Gasteiger charge is -2.32. The molecular formula is C13H17FO2. The highest BCUT2D eigenvalue weighted by atomic mass is 19.1. The molecule has 0 fully saturated rings. The van der Waals surface area contributed by atoms with Crippen molar-refractivity contribution >= 4 is 0 Å². The number of ether oxygens (including phenoxy) is 1. The Morgan fingerprint density at radius 2 is 2.31 bits per heavy atom. The van der Waals surface area contributed by atoms with Gasteiger partial charge in [-0.2, -0.15) is 0 Å². The Morgan fingerprint density at radius 1 is 1.56 bits per heavy atom. The Morgan fingerprint density at radius 3 is 3.00 bits per heavy atom. The monoisotopic (exact) mass is 224 g/mol. The molecule has 0 spiro atoms. The van der Waals surface area contributed by atoms with Crippen molar-refractivity contribution in [3.05, 3.63) is 29.6 Å². The third kappa shape index (κ3) is 2.05. The topological polar surface area (TPSA) is 29.5 Å². The molecule has 1 heterocycles. The van der Waals surface area contributed by atoms with E-state index in [0.29, 0.717) is 23.7 Å². The summed E-state index contributed by atoms with van der Waals surface area (Å²) in [6, 6.07) is 4.31. The number of aliphatic hydroxyl groups excluding tert-OH is 1. The number of fused-ring (bicyclic) bond motifs is 1. The Hall–Kier alpha value is -1.09. The Kier molecular flexibility index (Phi) is 3.15. The second kappa shape index (κ2) is 4.42. The molecule has 88 valence electrons. The maximum atomic E-state index is 13.1. The summed E-state index contributed by atoms with van der Waals surface area (Å²) in [5.41, 5.74) is 0.695. The van der Waals surface area contributed by atoms with Crippen LogP contribution in [-0.4, -0.2) is 11.2 Å². The smallest absolute Gasteiger partial charge is 0.128 e. The average Bonchev–Trinajstić information content (AvgIpc) is 2.27. The maximum absolute atomic E-state index is 13.1. The van der Waals surface area contributed by atoms with Gasteiger partial charge < -0.3 is 9.84 Å². The molecular weight excluding hydrogens is 207 g/mol. The average molecular weight is 224 g/mol. The fraction of sp³-hybridized carbons (Fsp3) is 0.538. The summed E-state index contributed by atoms with van der Waals surface area (Å²) in [7, 11) is 0. The number of benzene rings is 1. The summed E-state index contributed by atoms with van der Waals surface area (Å²) in [6.45, 7) is 4.17. The molecule has 3 atom stereocenters. The molecule has 0 bridgehead atoms. The zero-order valence-corrected chi connectivity index (χ0v) is 9.61. The van der Waals surface area contributed by atoms with Crippen LogP contribution in [0.5, 0.6) is 5.75 Å². The molecule has 0 radical (unpaired) electrons. The minimum atomic E-state index is -0.539. The van der Waals surface area contributed by atoms with Gasteiger partial charge >= 0.3 is 0 Å². The molecule has 3 unspecified atom stereocenters. The van der Waals surface area contributed by atoms with Crippen LogP contribution in [0.3, 0.4) is 0 Å². The maximum Gasteiger partial charge on any atom is 0.128 e. The van der Waals surface area contributed by atoms with Gasteiger partial charge in [-0.1, -0.05) is 20.3 Å². The molecule has 1 N–H and O–H groups in total. The summed E-state index contributed by atoms with van der Waals surface area (Å²) in [4.78, 5) is 0. The molecule has 1 aliphatic rings. The minimum Gasteiger partial charge on any atom is -0.490 e. The first-order chi connectivity index (χ1) is 7.61. The van der Waals surface area contributed by atoms with Crippen molar-refractivity contribution in [3.63, 3.8) is 0 Å². The summed E-state index contributed by atoms with van der Waals surface area (Å²) < 4.78 is 18.8. The number of rotatable bonds is 2. The van der Waals surface area contributed by atoms with E-state index in [1.165, 1.54) is 12.1 Å². The minimum absolute atomic E-state index is 0.0192. The van der Waals surface area contributed by atoms with Gasteiger partial charge in [0.05, 0.1) is 6.10 Å². The number of halogens is 1. The van der Waals surface area contributed by atoms with Crippen molar-refractivity contribution in [2.45, 2.75) is 38.9 Å². The van der Waals surface area contributed by atoms with Crippen LogP contribution in [0.4, 0.5) is 4.39 Å².